The number of hydrogen-bond donors (Lipinski definition) is 1. The normalized spacial score (nSPS) is 21.1. The smallest absolute Gasteiger partial charge is 0.240 e. The summed E-state index contributed by atoms with van der Waals surface area (Å²) in [7, 11) is 0. The summed E-state index contributed by atoms with van der Waals surface area (Å²) in [5, 5.41) is 7.66. The fraction of sp³-hybridized carbons (Fsp3) is 0.875. The van der Waals surface area contributed by atoms with E-state index in [1.54, 1.807) is 0 Å². The maximum absolute atomic E-state index is 5.36. The van der Waals surface area contributed by atoms with Gasteiger partial charge in [0.25, 0.3) is 0 Å². The molecule has 1 saturated heterocycles. The number of hydrogen-bond acceptors (Lipinski definition) is 5. The first-order valence-electron chi connectivity index (χ1n) is 8.13. The van der Waals surface area contributed by atoms with E-state index < -0.39 is 0 Å². The van der Waals surface area contributed by atoms with Crippen molar-refractivity contribution >= 4 is 0 Å². The van der Waals surface area contributed by atoms with Gasteiger partial charge in [0.05, 0.1) is 6.54 Å². The highest BCUT2D eigenvalue weighted by Crippen LogP contribution is 2.19. The molecular formula is C16H30N4O. The Labute approximate surface area is 128 Å². The molecule has 1 aromatic rings. The van der Waals surface area contributed by atoms with E-state index in [2.05, 4.69) is 55.0 Å². The average molecular weight is 294 g/mol. The fourth-order valence-electron chi connectivity index (χ4n) is 2.67. The number of aromatic nitrogens is 2. The van der Waals surface area contributed by atoms with Gasteiger partial charge in [-0.1, -0.05) is 19.0 Å². The van der Waals surface area contributed by atoms with E-state index >= 15 is 0 Å². The lowest BCUT2D eigenvalue weighted by molar-refractivity contribution is 0.144. The van der Waals surface area contributed by atoms with Crippen LogP contribution < -0.4 is 5.32 Å². The van der Waals surface area contributed by atoms with Gasteiger partial charge < -0.3 is 9.84 Å². The third kappa shape index (κ3) is 5.40. The van der Waals surface area contributed by atoms with E-state index in [0.29, 0.717) is 11.8 Å². The van der Waals surface area contributed by atoms with Gasteiger partial charge in [-0.05, 0) is 52.6 Å². The Morgan fingerprint density at radius 3 is 2.76 bits per heavy atom. The Bertz CT molecular complexity index is 436. The first-order valence-corrected chi connectivity index (χ1v) is 8.13. The van der Waals surface area contributed by atoms with Crippen molar-refractivity contribution in [2.24, 2.45) is 5.92 Å². The number of rotatable bonds is 5. The minimum Gasteiger partial charge on any atom is -0.338 e. The molecule has 120 valence electrons. The summed E-state index contributed by atoms with van der Waals surface area (Å²) in [5.41, 5.74) is 0.195. The van der Waals surface area contributed by atoms with Crippen LogP contribution in [0.25, 0.3) is 0 Å². The third-order valence-corrected chi connectivity index (χ3v) is 3.88. The highest BCUT2D eigenvalue weighted by molar-refractivity contribution is 4.92. The first kappa shape index (κ1) is 16.4. The van der Waals surface area contributed by atoms with Crippen LogP contribution >= 0.6 is 0 Å². The topological polar surface area (TPSA) is 54.2 Å². The second-order valence-corrected chi connectivity index (χ2v) is 7.58. The van der Waals surface area contributed by atoms with E-state index in [1.807, 2.05) is 0 Å². The van der Waals surface area contributed by atoms with Gasteiger partial charge in [-0.3, -0.25) is 4.90 Å². The summed E-state index contributed by atoms with van der Waals surface area (Å²) >= 11 is 0. The number of piperidine rings is 1. The van der Waals surface area contributed by atoms with Gasteiger partial charge in [-0.15, -0.1) is 0 Å². The molecule has 5 nitrogen and oxygen atoms in total. The van der Waals surface area contributed by atoms with Gasteiger partial charge in [0, 0.05) is 18.0 Å². The molecule has 1 aliphatic rings. The second-order valence-electron chi connectivity index (χ2n) is 7.58. The molecule has 2 rings (SSSR count). The van der Waals surface area contributed by atoms with Gasteiger partial charge in [0.2, 0.25) is 5.89 Å². The SMILES string of the molecule is CC(C)c1noc(CN2CCCC(CNC(C)(C)C)C2)n1. The second kappa shape index (κ2) is 6.88. The molecule has 21 heavy (non-hydrogen) atoms. The molecule has 2 heterocycles. The van der Waals surface area contributed by atoms with Crippen molar-refractivity contribution in [3.8, 4) is 0 Å². The van der Waals surface area contributed by atoms with Crippen LogP contribution in [-0.2, 0) is 6.54 Å². The van der Waals surface area contributed by atoms with Crippen molar-refractivity contribution in [2.75, 3.05) is 19.6 Å². The van der Waals surface area contributed by atoms with Crippen molar-refractivity contribution in [1.29, 1.82) is 0 Å². The van der Waals surface area contributed by atoms with Crippen molar-refractivity contribution in [3.63, 3.8) is 0 Å². The van der Waals surface area contributed by atoms with Crippen LogP contribution in [0.4, 0.5) is 0 Å². The van der Waals surface area contributed by atoms with Gasteiger partial charge in [0.1, 0.15) is 0 Å². The third-order valence-electron chi connectivity index (χ3n) is 3.88. The summed E-state index contributed by atoms with van der Waals surface area (Å²) in [4.78, 5) is 6.92. The van der Waals surface area contributed by atoms with Gasteiger partial charge in [-0.25, -0.2) is 0 Å². The zero-order valence-electron chi connectivity index (χ0n) is 14.1. The van der Waals surface area contributed by atoms with Gasteiger partial charge in [0.15, 0.2) is 5.82 Å². The standard InChI is InChI=1S/C16H30N4O/c1-12(2)15-18-14(21-19-15)11-20-8-6-7-13(10-20)9-17-16(3,4)5/h12-13,17H,6-11H2,1-5H3. The van der Waals surface area contributed by atoms with Crippen molar-refractivity contribution in [2.45, 2.75) is 65.5 Å². The number of nitrogens with zero attached hydrogens (tertiary/aromatic N) is 3. The quantitative estimate of drug-likeness (QED) is 0.905. The van der Waals surface area contributed by atoms with Gasteiger partial charge >= 0.3 is 0 Å². The Balaban J connectivity index is 1.83. The molecule has 1 unspecified atom stereocenters. The molecule has 0 radical (unpaired) electrons. The minimum absolute atomic E-state index is 0.195. The van der Waals surface area contributed by atoms with Crippen LogP contribution in [-0.4, -0.2) is 40.2 Å². The van der Waals surface area contributed by atoms with E-state index in [0.717, 1.165) is 37.9 Å². The molecule has 0 saturated carbocycles. The lowest BCUT2D eigenvalue weighted by atomic mass is 9.96. The molecule has 0 bridgehead atoms. The highest BCUT2D eigenvalue weighted by atomic mass is 16.5. The van der Waals surface area contributed by atoms with Crippen LogP contribution in [0.1, 0.15) is 65.1 Å². The van der Waals surface area contributed by atoms with Crippen LogP contribution in [0.5, 0.6) is 0 Å². The minimum atomic E-state index is 0.195. The zero-order chi connectivity index (χ0) is 15.5. The summed E-state index contributed by atoms with van der Waals surface area (Å²) in [5.74, 6) is 2.61. The Kier molecular flexibility index (Phi) is 5.38. The predicted octanol–water partition coefficient (Wildman–Crippen LogP) is 2.79. The van der Waals surface area contributed by atoms with Crippen LogP contribution in [0.3, 0.4) is 0 Å². The van der Waals surface area contributed by atoms with Crippen LogP contribution in [0, 0.1) is 5.92 Å². The molecule has 0 aromatic carbocycles. The Morgan fingerprint density at radius 2 is 2.14 bits per heavy atom. The maximum Gasteiger partial charge on any atom is 0.240 e. The molecule has 1 fully saturated rings. The largest absolute Gasteiger partial charge is 0.338 e. The predicted molar refractivity (Wildman–Crippen MR) is 84.1 cm³/mol. The molecule has 1 aromatic heterocycles. The molecular weight excluding hydrogens is 264 g/mol. The van der Waals surface area contributed by atoms with E-state index in [4.69, 9.17) is 4.52 Å². The molecule has 1 atom stereocenters. The number of likely N-dealkylation sites (tertiary alicyclic amines) is 1. The summed E-state index contributed by atoms with van der Waals surface area (Å²) in [6, 6.07) is 0. The van der Waals surface area contributed by atoms with Gasteiger partial charge in [-0.2, -0.15) is 4.98 Å². The summed E-state index contributed by atoms with van der Waals surface area (Å²) in [6.07, 6.45) is 2.56. The zero-order valence-corrected chi connectivity index (χ0v) is 14.1. The van der Waals surface area contributed by atoms with Crippen molar-refractivity contribution in [1.82, 2.24) is 20.4 Å². The van der Waals surface area contributed by atoms with Crippen molar-refractivity contribution in [3.05, 3.63) is 11.7 Å². The fourth-order valence-corrected chi connectivity index (χ4v) is 2.67. The molecule has 0 aliphatic carbocycles. The average Bonchev–Trinajstić information content (AvgIpc) is 2.85. The Morgan fingerprint density at radius 1 is 1.38 bits per heavy atom. The highest BCUT2D eigenvalue weighted by Gasteiger charge is 2.23. The molecule has 1 N–H and O–H groups in total. The number of nitrogens with one attached hydrogen (secondary N) is 1. The lowest BCUT2D eigenvalue weighted by Gasteiger charge is -2.33. The molecule has 5 heteroatoms. The van der Waals surface area contributed by atoms with Crippen LogP contribution in [0.15, 0.2) is 4.52 Å². The van der Waals surface area contributed by atoms with E-state index in [9.17, 15) is 0 Å². The van der Waals surface area contributed by atoms with Crippen molar-refractivity contribution < 1.29 is 4.52 Å². The van der Waals surface area contributed by atoms with Crippen LogP contribution in [0.2, 0.25) is 0 Å². The summed E-state index contributed by atoms with van der Waals surface area (Å²) < 4.78 is 5.36. The molecule has 0 spiro atoms. The Hall–Kier alpha value is -0.940. The maximum atomic E-state index is 5.36. The van der Waals surface area contributed by atoms with E-state index in [-0.39, 0.29) is 5.54 Å². The summed E-state index contributed by atoms with van der Waals surface area (Å²) in [6.45, 7) is 15.0. The monoisotopic (exact) mass is 294 g/mol. The first-order chi connectivity index (χ1) is 9.83. The molecule has 1 aliphatic heterocycles. The van der Waals surface area contributed by atoms with E-state index in [1.165, 1.54) is 12.8 Å². The lowest BCUT2D eigenvalue weighted by Crippen LogP contribution is -2.44. The molecule has 0 amide bonds.